The number of carbonyl (C=O) groups is 1. The molecule has 1 amide bonds. The largest absolute Gasteiger partial charge is 0.508 e. The number of halogens is 1. The molecule has 2 rings (SSSR count). The summed E-state index contributed by atoms with van der Waals surface area (Å²) in [6, 6.07) is 7.66. The third-order valence-corrected chi connectivity index (χ3v) is 2.82. The molecule has 5 nitrogen and oxygen atoms in total. The number of aryl methyl sites for hydroxylation is 1. The van der Waals surface area contributed by atoms with Crippen molar-refractivity contribution in [3.8, 4) is 11.5 Å². The van der Waals surface area contributed by atoms with Gasteiger partial charge in [-0.15, -0.1) is 0 Å². The molecule has 0 atom stereocenters. The molecule has 0 aromatic heterocycles. The Morgan fingerprint density at radius 3 is 2.52 bits per heavy atom. The number of carbonyl (C=O) groups excluding carboxylic acids is 1. The zero-order valence-electron chi connectivity index (χ0n) is 11.2. The fraction of sp³-hybridized carbons (Fsp3) is 0.0667. The van der Waals surface area contributed by atoms with Crippen LogP contribution in [0.2, 0.25) is 0 Å². The standard InChI is InChI=1S/C15H13FN2O3/c1-9-6-12(19)7-14(20)13(9)8-17-18-15(21)10-2-4-11(16)5-3-10/h2-8,19-20H,1H3,(H,18,21)/b17-8+. The van der Waals surface area contributed by atoms with Gasteiger partial charge in [0.25, 0.3) is 5.91 Å². The number of amides is 1. The first-order valence-corrected chi connectivity index (χ1v) is 6.09. The molecule has 0 saturated carbocycles. The quantitative estimate of drug-likeness (QED) is 0.598. The van der Waals surface area contributed by atoms with Crippen molar-refractivity contribution in [2.45, 2.75) is 6.92 Å². The molecule has 0 bridgehead atoms. The fourth-order valence-electron chi connectivity index (χ4n) is 1.75. The van der Waals surface area contributed by atoms with E-state index in [-0.39, 0.29) is 17.1 Å². The lowest BCUT2D eigenvalue weighted by atomic mass is 10.1. The van der Waals surface area contributed by atoms with E-state index in [4.69, 9.17) is 0 Å². The highest BCUT2D eigenvalue weighted by molar-refractivity contribution is 5.95. The number of nitrogens with one attached hydrogen (secondary N) is 1. The van der Waals surface area contributed by atoms with Crippen molar-refractivity contribution in [1.29, 1.82) is 0 Å². The minimum Gasteiger partial charge on any atom is -0.508 e. The number of aromatic hydroxyl groups is 2. The molecule has 2 aromatic rings. The second-order valence-corrected chi connectivity index (χ2v) is 4.40. The molecule has 0 fully saturated rings. The Kier molecular flexibility index (Phi) is 4.18. The molecule has 0 radical (unpaired) electrons. The Balaban J connectivity index is 2.09. The van der Waals surface area contributed by atoms with Gasteiger partial charge in [-0.3, -0.25) is 4.79 Å². The summed E-state index contributed by atoms with van der Waals surface area (Å²) in [4.78, 5) is 11.7. The van der Waals surface area contributed by atoms with Crippen LogP contribution in [0.25, 0.3) is 0 Å². The summed E-state index contributed by atoms with van der Waals surface area (Å²) in [7, 11) is 0. The van der Waals surface area contributed by atoms with Crippen LogP contribution in [0.15, 0.2) is 41.5 Å². The number of phenolic OH excluding ortho intramolecular Hbond substituents is 2. The van der Waals surface area contributed by atoms with Gasteiger partial charge in [-0.1, -0.05) is 0 Å². The van der Waals surface area contributed by atoms with Crippen LogP contribution < -0.4 is 5.43 Å². The van der Waals surface area contributed by atoms with Gasteiger partial charge in [-0.2, -0.15) is 5.10 Å². The molecule has 3 N–H and O–H groups in total. The van der Waals surface area contributed by atoms with E-state index in [1.165, 1.54) is 42.6 Å². The van der Waals surface area contributed by atoms with Crippen LogP contribution in [0.5, 0.6) is 11.5 Å². The Hall–Kier alpha value is -2.89. The van der Waals surface area contributed by atoms with Crippen molar-refractivity contribution in [1.82, 2.24) is 5.43 Å². The molecule has 2 aromatic carbocycles. The van der Waals surface area contributed by atoms with Crippen molar-refractivity contribution >= 4 is 12.1 Å². The van der Waals surface area contributed by atoms with Crippen molar-refractivity contribution in [2.24, 2.45) is 5.10 Å². The molecule has 0 unspecified atom stereocenters. The summed E-state index contributed by atoms with van der Waals surface area (Å²) in [6.07, 6.45) is 1.27. The average molecular weight is 288 g/mol. The lowest BCUT2D eigenvalue weighted by molar-refractivity contribution is 0.0955. The predicted molar refractivity (Wildman–Crippen MR) is 76.0 cm³/mol. The molecule has 6 heteroatoms. The van der Waals surface area contributed by atoms with Gasteiger partial charge < -0.3 is 10.2 Å². The first kappa shape index (κ1) is 14.5. The molecule has 0 aliphatic heterocycles. The van der Waals surface area contributed by atoms with Gasteiger partial charge in [0.2, 0.25) is 0 Å². The van der Waals surface area contributed by atoms with Crippen LogP contribution in [-0.4, -0.2) is 22.3 Å². The monoisotopic (exact) mass is 288 g/mol. The molecule has 0 heterocycles. The highest BCUT2D eigenvalue weighted by Crippen LogP contribution is 2.24. The van der Waals surface area contributed by atoms with Crippen LogP contribution in [0, 0.1) is 12.7 Å². The first-order valence-electron chi connectivity index (χ1n) is 6.09. The van der Waals surface area contributed by atoms with E-state index < -0.39 is 11.7 Å². The summed E-state index contributed by atoms with van der Waals surface area (Å²) in [5, 5.41) is 22.7. The van der Waals surface area contributed by atoms with Crippen molar-refractivity contribution in [2.75, 3.05) is 0 Å². The molecular weight excluding hydrogens is 275 g/mol. The Labute approximate surface area is 120 Å². The van der Waals surface area contributed by atoms with Crippen LogP contribution >= 0.6 is 0 Å². The van der Waals surface area contributed by atoms with Crippen molar-refractivity contribution < 1.29 is 19.4 Å². The smallest absolute Gasteiger partial charge is 0.271 e. The number of rotatable bonds is 3. The maximum absolute atomic E-state index is 12.7. The van der Waals surface area contributed by atoms with Crippen LogP contribution in [0.3, 0.4) is 0 Å². The number of phenols is 2. The lowest BCUT2D eigenvalue weighted by Crippen LogP contribution is -2.17. The zero-order chi connectivity index (χ0) is 15.4. The normalized spacial score (nSPS) is 10.8. The van der Waals surface area contributed by atoms with Gasteiger partial charge in [0.1, 0.15) is 17.3 Å². The zero-order valence-corrected chi connectivity index (χ0v) is 11.2. The van der Waals surface area contributed by atoms with Gasteiger partial charge >= 0.3 is 0 Å². The van der Waals surface area contributed by atoms with E-state index in [0.29, 0.717) is 11.1 Å². The molecule has 0 spiro atoms. The Morgan fingerprint density at radius 1 is 1.24 bits per heavy atom. The minimum atomic E-state index is -0.498. The Morgan fingerprint density at radius 2 is 1.90 bits per heavy atom. The van der Waals surface area contributed by atoms with Gasteiger partial charge in [-0.05, 0) is 42.8 Å². The number of benzene rings is 2. The average Bonchev–Trinajstić information content (AvgIpc) is 2.42. The van der Waals surface area contributed by atoms with E-state index in [1.807, 2.05) is 0 Å². The molecule has 0 saturated heterocycles. The molecule has 108 valence electrons. The second kappa shape index (κ2) is 6.04. The van der Waals surface area contributed by atoms with Crippen molar-refractivity contribution in [3.05, 3.63) is 58.9 Å². The SMILES string of the molecule is Cc1cc(O)cc(O)c1/C=N/NC(=O)c1ccc(F)cc1. The van der Waals surface area contributed by atoms with Crippen LogP contribution in [0.1, 0.15) is 21.5 Å². The number of hydrazone groups is 1. The lowest BCUT2D eigenvalue weighted by Gasteiger charge is -2.04. The van der Waals surface area contributed by atoms with Gasteiger partial charge in [0, 0.05) is 17.2 Å². The topological polar surface area (TPSA) is 81.9 Å². The summed E-state index contributed by atoms with van der Waals surface area (Å²) >= 11 is 0. The van der Waals surface area contributed by atoms with Crippen LogP contribution in [-0.2, 0) is 0 Å². The van der Waals surface area contributed by atoms with E-state index in [0.717, 1.165) is 0 Å². The molecule has 21 heavy (non-hydrogen) atoms. The highest BCUT2D eigenvalue weighted by atomic mass is 19.1. The number of hydrogen-bond acceptors (Lipinski definition) is 4. The third kappa shape index (κ3) is 3.56. The van der Waals surface area contributed by atoms with E-state index >= 15 is 0 Å². The summed E-state index contributed by atoms with van der Waals surface area (Å²) in [5.74, 6) is -1.13. The van der Waals surface area contributed by atoms with E-state index in [1.54, 1.807) is 6.92 Å². The van der Waals surface area contributed by atoms with E-state index in [2.05, 4.69) is 10.5 Å². The first-order chi connectivity index (χ1) is 9.97. The minimum absolute atomic E-state index is 0.0579. The van der Waals surface area contributed by atoms with Crippen LogP contribution in [0.4, 0.5) is 4.39 Å². The highest BCUT2D eigenvalue weighted by Gasteiger charge is 2.06. The van der Waals surface area contributed by atoms with E-state index in [9.17, 15) is 19.4 Å². The molecule has 0 aliphatic carbocycles. The Bertz CT molecular complexity index is 674. The molecule has 0 aliphatic rings. The van der Waals surface area contributed by atoms with Gasteiger partial charge in [0.15, 0.2) is 0 Å². The summed E-state index contributed by atoms with van der Waals surface area (Å²) < 4.78 is 12.7. The maximum atomic E-state index is 12.7. The van der Waals surface area contributed by atoms with Gasteiger partial charge in [-0.25, -0.2) is 9.82 Å². The van der Waals surface area contributed by atoms with Crippen molar-refractivity contribution in [3.63, 3.8) is 0 Å². The summed E-state index contributed by atoms with van der Waals surface area (Å²) in [5.41, 5.74) is 3.52. The number of nitrogens with zero attached hydrogens (tertiary/aromatic N) is 1. The fourth-order valence-corrected chi connectivity index (χ4v) is 1.75. The molecular formula is C15H13FN2O3. The summed E-state index contributed by atoms with van der Waals surface area (Å²) in [6.45, 7) is 1.68. The second-order valence-electron chi connectivity index (χ2n) is 4.40. The van der Waals surface area contributed by atoms with Gasteiger partial charge in [0.05, 0.1) is 6.21 Å². The maximum Gasteiger partial charge on any atom is 0.271 e. The predicted octanol–water partition coefficient (Wildman–Crippen LogP) is 2.31. The number of hydrogen-bond donors (Lipinski definition) is 3. The third-order valence-electron chi connectivity index (χ3n) is 2.82.